The van der Waals surface area contributed by atoms with Crippen molar-refractivity contribution in [3.63, 3.8) is 0 Å². The highest BCUT2D eigenvalue weighted by Crippen LogP contribution is 2.28. The molecule has 84 valence electrons. The molecule has 0 fully saturated rings. The lowest BCUT2D eigenvalue weighted by Gasteiger charge is -2.06. The molecule has 0 saturated carbocycles. The average Bonchev–Trinajstić information content (AvgIpc) is 2.31. The van der Waals surface area contributed by atoms with Crippen LogP contribution in [0.5, 0.6) is 0 Å². The molecule has 2 rings (SSSR count). The van der Waals surface area contributed by atoms with Gasteiger partial charge in [-0.3, -0.25) is 0 Å². The van der Waals surface area contributed by atoms with Gasteiger partial charge in [0.1, 0.15) is 0 Å². The van der Waals surface area contributed by atoms with Gasteiger partial charge in [-0.05, 0) is 23.3 Å². The third kappa shape index (κ3) is 2.76. The summed E-state index contributed by atoms with van der Waals surface area (Å²) in [7, 11) is 0. The van der Waals surface area contributed by atoms with Crippen LogP contribution in [0.4, 0.5) is 0 Å². The van der Waals surface area contributed by atoms with Gasteiger partial charge in [-0.15, -0.1) is 12.4 Å². The molecule has 16 heavy (non-hydrogen) atoms. The molecule has 0 aliphatic carbocycles. The molecule has 0 aliphatic rings. The van der Waals surface area contributed by atoms with E-state index in [1.54, 1.807) is 0 Å². The van der Waals surface area contributed by atoms with Crippen LogP contribution in [0, 0.1) is 0 Å². The molecule has 1 nitrogen and oxygen atoms in total. The fourth-order valence-electron chi connectivity index (χ4n) is 1.54. The molecule has 0 aromatic heterocycles. The molecule has 0 amide bonds. The largest absolute Gasteiger partial charge is 0.326 e. The Balaban J connectivity index is 0.00000128. The number of rotatable bonds is 2. The first-order chi connectivity index (χ1) is 7.31. The van der Waals surface area contributed by atoms with E-state index in [2.05, 4.69) is 0 Å². The molecule has 0 spiro atoms. The SMILES string of the molecule is Cl.NCc1ccc(Cl)c(-c2ccccc2)c1. The molecule has 2 aromatic rings. The van der Waals surface area contributed by atoms with Gasteiger partial charge in [-0.2, -0.15) is 0 Å². The van der Waals surface area contributed by atoms with Crippen LogP contribution < -0.4 is 5.73 Å². The van der Waals surface area contributed by atoms with Crippen molar-refractivity contribution in [1.29, 1.82) is 0 Å². The quantitative estimate of drug-likeness (QED) is 0.864. The van der Waals surface area contributed by atoms with Gasteiger partial charge >= 0.3 is 0 Å². The summed E-state index contributed by atoms with van der Waals surface area (Å²) in [6.07, 6.45) is 0. The Labute approximate surface area is 107 Å². The first kappa shape index (κ1) is 13.0. The van der Waals surface area contributed by atoms with E-state index in [-0.39, 0.29) is 12.4 Å². The van der Waals surface area contributed by atoms with Crippen LogP contribution in [-0.4, -0.2) is 0 Å². The van der Waals surface area contributed by atoms with Gasteiger partial charge in [0.2, 0.25) is 0 Å². The molecule has 0 atom stereocenters. The summed E-state index contributed by atoms with van der Waals surface area (Å²) < 4.78 is 0. The zero-order valence-electron chi connectivity index (χ0n) is 8.69. The summed E-state index contributed by atoms with van der Waals surface area (Å²) in [6, 6.07) is 16.0. The lowest BCUT2D eigenvalue weighted by molar-refractivity contribution is 1.07. The van der Waals surface area contributed by atoms with Crippen molar-refractivity contribution in [2.75, 3.05) is 0 Å². The Morgan fingerprint density at radius 1 is 1.00 bits per heavy atom. The van der Waals surface area contributed by atoms with Crippen molar-refractivity contribution in [3.8, 4) is 11.1 Å². The summed E-state index contributed by atoms with van der Waals surface area (Å²) in [5, 5.41) is 0.762. The van der Waals surface area contributed by atoms with E-state index < -0.39 is 0 Å². The van der Waals surface area contributed by atoms with E-state index in [9.17, 15) is 0 Å². The predicted octanol–water partition coefficient (Wildman–Crippen LogP) is 3.89. The van der Waals surface area contributed by atoms with E-state index >= 15 is 0 Å². The van der Waals surface area contributed by atoms with Gasteiger partial charge in [0, 0.05) is 17.1 Å². The van der Waals surface area contributed by atoms with Crippen LogP contribution in [-0.2, 0) is 6.54 Å². The summed E-state index contributed by atoms with van der Waals surface area (Å²) in [5.74, 6) is 0. The standard InChI is InChI=1S/C13H12ClN.ClH/c14-13-7-6-10(9-15)8-12(13)11-4-2-1-3-5-11;/h1-8H,9,15H2;1H. The maximum atomic E-state index is 6.15. The van der Waals surface area contributed by atoms with Crippen molar-refractivity contribution in [2.45, 2.75) is 6.54 Å². The molecule has 0 heterocycles. The van der Waals surface area contributed by atoms with Crippen LogP contribution in [0.25, 0.3) is 11.1 Å². The second-order valence-corrected chi connectivity index (χ2v) is 3.79. The normalized spacial score (nSPS) is 9.62. The van der Waals surface area contributed by atoms with Crippen molar-refractivity contribution in [3.05, 3.63) is 59.1 Å². The van der Waals surface area contributed by atoms with Gasteiger partial charge in [0.15, 0.2) is 0 Å². The fourth-order valence-corrected chi connectivity index (χ4v) is 1.76. The zero-order valence-corrected chi connectivity index (χ0v) is 10.3. The van der Waals surface area contributed by atoms with Crippen molar-refractivity contribution in [1.82, 2.24) is 0 Å². The van der Waals surface area contributed by atoms with Crippen LogP contribution in [0.15, 0.2) is 48.5 Å². The van der Waals surface area contributed by atoms with Crippen molar-refractivity contribution in [2.24, 2.45) is 5.73 Å². The first-order valence-corrected chi connectivity index (χ1v) is 5.23. The Morgan fingerprint density at radius 2 is 1.69 bits per heavy atom. The van der Waals surface area contributed by atoms with Crippen LogP contribution in [0.2, 0.25) is 5.02 Å². The molecule has 0 bridgehead atoms. The van der Waals surface area contributed by atoms with E-state index in [1.165, 1.54) is 0 Å². The van der Waals surface area contributed by atoms with E-state index in [0.717, 1.165) is 21.7 Å². The fraction of sp³-hybridized carbons (Fsp3) is 0.0769. The molecular weight excluding hydrogens is 241 g/mol. The summed E-state index contributed by atoms with van der Waals surface area (Å²) in [5.41, 5.74) is 8.86. The molecular formula is C13H13Cl2N. The highest BCUT2D eigenvalue weighted by Gasteiger charge is 2.03. The van der Waals surface area contributed by atoms with Crippen molar-refractivity contribution < 1.29 is 0 Å². The number of halogens is 2. The van der Waals surface area contributed by atoms with Gasteiger partial charge in [0.25, 0.3) is 0 Å². The topological polar surface area (TPSA) is 26.0 Å². The monoisotopic (exact) mass is 253 g/mol. The zero-order chi connectivity index (χ0) is 10.7. The molecule has 0 saturated heterocycles. The minimum absolute atomic E-state index is 0. The number of benzene rings is 2. The highest BCUT2D eigenvalue weighted by molar-refractivity contribution is 6.33. The predicted molar refractivity (Wildman–Crippen MR) is 72.0 cm³/mol. The third-order valence-electron chi connectivity index (χ3n) is 2.35. The summed E-state index contributed by atoms with van der Waals surface area (Å²) in [4.78, 5) is 0. The molecule has 3 heteroatoms. The average molecular weight is 254 g/mol. The van der Waals surface area contributed by atoms with Crippen LogP contribution >= 0.6 is 24.0 Å². The van der Waals surface area contributed by atoms with Gasteiger partial charge in [-0.1, -0.05) is 48.0 Å². The second kappa shape index (κ2) is 5.90. The first-order valence-electron chi connectivity index (χ1n) is 4.85. The van der Waals surface area contributed by atoms with Gasteiger partial charge in [0.05, 0.1) is 0 Å². The Morgan fingerprint density at radius 3 is 2.31 bits per heavy atom. The van der Waals surface area contributed by atoms with E-state index in [1.807, 2.05) is 48.5 Å². The Hall–Kier alpha value is -1.02. The minimum atomic E-state index is 0. The molecule has 0 unspecified atom stereocenters. The highest BCUT2D eigenvalue weighted by atomic mass is 35.5. The smallest absolute Gasteiger partial charge is 0.0484 e. The summed E-state index contributed by atoms with van der Waals surface area (Å²) >= 11 is 6.15. The van der Waals surface area contributed by atoms with Crippen molar-refractivity contribution >= 4 is 24.0 Å². The number of hydrogen-bond donors (Lipinski definition) is 1. The lowest BCUT2D eigenvalue weighted by Crippen LogP contribution is -1.96. The van der Waals surface area contributed by atoms with Crippen LogP contribution in [0.1, 0.15) is 5.56 Å². The number of nitrogens with two attached hydrogens (primary N) is 1. The molecule has 2 aromatic carbocycles. The Bertz CT molecular complexity index is 455. The maximum Gasteiger partial charge on any atom is 0.0484 e. The van der Waals surface area contributed by atoms with Crippen LogP contribution in [0.3, 0.4) is 0 Å². The molecule has 0 aliphatic heterocycles. The van der Waals surface area contributed by atoms with Gasteiger partial charge in [-0.25, -0.2) is 0 Å². The minimum Gasteiger partial charge on any atom is -0.326 e. The Kier molecular flexibility index (Phi) is 4.81. The van der Waals surface area contributed by atoms with E-state index in [0.29, 0.717) is 6.54 Å². The molecule has 0 radical (unpaired) electrons. The van der Waals surface area contributed by atoms with Gasteiger partial charge < -0.3 is 5.73 Å². The number of hydrogen-bond acceptors (Lipinski definition) is 1. The second-order valence-electron chi connectivity index (χ2n) is 3.38. The maximum absolute atomic E-state index is 6.15. The molecule has 2 N–H and O–H groups in total. The lowest BCUT2D eigenvalue weighted by atomic mass is 10.0. The third-order valence-corrected chi connectivity index (χ3v) is 2.68. The summed E-state index contributed by atoms with van der Waals surface area (Å²) in [6.45, 7) is 0.539. The van der Waals surface area contributed by atoms with E-state index in [4.69, 9.17) is 17.3 Å².